The Morgan fingerprint density at radius 1 is 1.07 bits per heavy atom. The molecule has 0 aliphatic carbocycles. The summed E-state index contributed by atoms with van der Waals surface area (Å²) in [4.78, 5) is 8.17. The van der Waals surface area contributed by atoms with Crippen molar-refractivity contribution in [3.8, 4) is 5.69 Å². The Bertz CT molecular complexity index is 881. The number of aromatic nitrogens is 3. The lowest BCUT2D eigenvalue weighted by Gasteiger charge is -2.13. The van der Waals surface area contributed by atoms with Crippen LogP contribution in [0, 0.1) is 0 Å². The molecule has 142 valence electrons. The lowest BCUT2D eigenvalue weighted by molar-refractivity contribution is 0.808. The lowest BCUT2D eigenvalue weighted by atomic mass is 10.2. The minimum absolute atomic E-state index is 0. The molecule has 0 atom stereocenters. The van der Waals surface area contributed by atoms with Crippen LogP contribution in [0.4, 0.5) is 0 Å². The first-order chi connectivity index (χ1) is 12.7. The highest BCUT2D eigenvalue weighted by Gasteiger charge is 2.04. The molecular formula is C18H19Cl2IN6. The van der Waals surface area contributed by atoms with E-state index in [9.17, 15) is 0 Å². The van der Waals surface area contributed by atoms with E-state index >= 15 is 0 Å². The predicted octanol–water partition coefficient (Wildman–Crippen LogP) is 4.06. The zero-order chi connectivity index (χ0) is 18.4. The zero-order valence-electron chi connectivity index (χ0n) is 14.6. The molecule has 0 bridgehead atoms. The average molecular weight is 517 g/mol. The third-order valence-corrected chi connectivity index (χ3v) is 4.35. The van der Waals surface area contributed by atoms with Gasteiger partial charge in [-0.2, -0.15) is 5.10 Å². The van der Waals surface area contributed by atoms with E-state index in [2.05, 4.69) is 25.7 Å². The van der Waals surface area contributed by atoms with Gasteiger partial charge in [-0.15, -0.1) is 24.0 Å². The molecule has 0 saturated heterocycles. The Labute approximate surface area is 185 Å². The second-order valence-electron chi connectivity index (χ2n) is 5.52. The minimum Gasteiger partial charge on any atom is -0.352 e. The molecule has 0 unspecified atom stereocenters. The number of hydrogen-bond acceptors (Lipinski definition) is 3. The summed E-state index contributed by atoms with van der Waals surface area (Å²) in [5.74, 6) is 0.691. The van der Waals surface area contributed by atoms with Gasteiger partial charge in [0.05, 0.1) is 5.69 Å². The maximum Gasteiger partial charge on any atom is 0.191 e. The molecule has 0 amide bonds. The molecule has 2 N–H and O–H groups in total. The second-order valence-corrected chi connectivity index (χ2v) is 6.37. The van der Waals surface area contributed by atoms with E-state index in [0.717, 1.165) is 16.8 Å². The number of nitrogens with zero attached hydrogens (tertiary/aromatic N) is 4. The Morgan fingerprint density at radius 2 is 1.81 bits per heavy atom. The molecule has 9 heteroatoms. The molecule has 2 aromatic carbocycles. The summed E-state index contributed by atoms with van der Waals surface area (Å²) < 4.78 is 1.72. The van der Waals surface area contributed by atoms with Crippen molar-refractivity contribution in [3.05, 3.63) is 76.3 Å². The van der Waals surface area contributed by atoms with E-state index in [1.165, 1.54) is 6.33 Å². The van der Waals surface area contributed by atoms with Crippen molar-refractivity contribution in [3.63, 3.8) is 0 Å². The molecule has 6 nitrogen and oxygen atoms in total. The maximum atomic E-state index is 6.19. The van der Waals surface area contributed by atoms with Gasteiger partial charge in [0.25, 0.3) is 0 Å². The van der Waals surface area contributed by atoms with E-state index in [4.69, 9.17) is 23.2 Å². The van der Waals surface area contributed by atoms with Crippen molar-refractivity contribution < 1.29 is 0 Å². The summed E-state index contributed by atoms with van der Waals surface area (Å²) in [5.41, 5.74) is 3.05. The summed E-state index contributed by atoms with van der Waals surface area (Å²) >= 11 is 12.1. The number of rotatable bonds is 5. The number of hydrogen-bond donors (Lipinski definition) is 2. The first kappa shape index (κ1) is 21.5. The highest BCUT2D eigenvalue weighted by atomic mass is 127. The van der Waals surface area contributed by atoms with Crippen LogP contribution in [-0.4, -0.2) is 27.8 Å². The minimum atomic E-state index is 0. The van der Waals surface area contributed by atoms with Crippen LogP contribution >= 0.6 is 47.2 Å². The Morgan fingerprint density at radius 3 is 2.44 bits per heavy atom. The number of halogens is 3. The van der Waals surface area contributed by atoms with Crippen molar-refractivity contribution in [2.45, 2.75) is 13.1 Å². The van der Waals surface area contributed by atoms with Crippen molar-refractivity contribution in [2.24, 2.45) is 4.99 Å². The standard InChI is InChI=1S/C18H18Cl2N6.HI/c1-21-18(24-10-14-4-5-15(19)8-17(14)20)23-9-13-2-6-16(7-3-13)26-12-22-11-25-26;/h2-8,11-12H,9-10H2,1H3,(H2,21,23,24);1H. The van der Waals surface area contributed by atoms with Crippen LogP contribution in [0.1, 0.15) is 11.1 Å². The Hall–Kier alpha value is -1.84. The van der Waals surface area contributed by atoms with Gasteiger partial charge in [0.1, 0.15) is 12.7 Å². The Balaban J connectivity index is 0.00000261. The summed E-state index contributed by atoms with van der Waals surface area (Å²) in [7, 11) is 1.73. The molecular weight excluding hydrogens is 498 g/mol. The fraction of sp³-hybridized carbons (Fsp3) is 0.167. The smallest absolute Gasteiger partial charge is 0.191 e. The topological polar surface area (TPSA) is 67.1 Å². The molecule has 0 aliphatic rings. The third-order valence-electron chi connectivity index (χ3n) is 3.76. The van der Waals surface area contributed by atoms with Gasteiger partial charge >= 0.3 is 0 Å². The van der Waals surface area contributed by atoms with E-state index in [1.54, 1.807) is 24.1 Å². The van der Waals surface area contributed by atoms with Gasteiger partial charge in [-0.3, -0.25) is 4.99 Å². The van der Waals surface area contributed by atoms with Gasteiger partial charge < -0.3 is 10.6 Å². The monoisotopic (exact) mass is 516 g/mol. The van der Waals surface area contributed by atoms with Crippen LogP contribution in [0.5, 0.6) is 0 Å². The summed E-state index contributed by atoms with van der Waals surface area (Å²) in [6.45, 7) is 1.20. The fourth-order valence-corrected chi connectivity index (χ4v) is 2.83. The number of guanidine groups is 1. The summed E-state index contributed by atoms with van der Waals surface area (Å²) in [6.07, 6.45) is 3.18. The number of aliphatic imine (C=N–C) groups is 1. The van der Waals surface area contributed by atoms with Crippen molar-refractivity contribution in [1.29, 1.82) is 0 Å². The van der Waals surface area contributed by atoms with E-state index < -0.39 is 0 Å². The number of nitrogens with one attached hydrogen (secondary N) is 2. The Kier molecular flexibility index (Phi) is 8.33. The quantitative estimate of drug-likeness (QED) is 0.305. The van der Waals surface area contributed by atoms with E-state index in [-0.39, 0.29) is 24.0 Å². The average Bonchev–Trinajstić information content (AvgIpc) is 3.18. The molecule has 0 aliphatic heterocycles. The summed E-state index contributed by atoms with van der Waals surface area (Å²) in [5, 5.41) is 11.9. The molecule has 0 spiro atoms. The largest absolute Gasteiger partial charge is 0.352 e. The van der Waals surface area contributed by atoms with Crippen LogP contribution in [0.2, 0.25) is 10.0 Å². The van der Waals surface area contributed by atoms with Crippen LogP contribution in [-0.2, 0) is 13.1 Å². The SMILES string of the molecule is CN=C(NCc1ccc(-n2cncn2)cc1)NCc1ccc(Cl)cc1Cl.I. The molecule has 27 heavy (non-hydrogen) atoms. The molecule has 0 fully saturated rings. The molecule has 1 aromatic heterocycles. The molecule has 3 aromatic rings. The third kappa shape index (κ3) is 6.08. The van der Waals surface area contributed by atoms with Crippen molar-refractivity contribution in [2.75, 3.05) is 7.05 Å². The number of benzene rings is 2. The van der Waals surface area contributed by atoms with Crippen molar-refractivity contribution >= 4 is 53.1 Å². The van der Waals surface area contributed by atoms with Gasteiger partial charge in [0.15, 0.2) is 5.96 Å². The van der Waals surface area contributed by atoms with Crippen LogP contribution < -0.4 is 10.6 Å². The predicted molar refractivity (Wildman–Crippen MR) is 120 cm³/mol. The molecule has 3 rings (SSSR count). The van der Waals surface area contributed by atoms with Gasteiger partial charge in [-0.05, 0) is 35.4 Å². The lowest BCUT2D eigenvalue weighted by Crippen LogP contribution is -2.36. The fourth-order valence-electron chi connectivity index (χ4n) is 2.36. The molecule has 0 radical (unpaired) electrons. The molecule has 0 saturated carbocycles. The second kappa shape index (κ2) is 10.5. The first-order valence-corrected chi connectivity index (χ1v) is 8.73. The first-order valence-electron chi connectivity index (χ1n) is 7.98. The van der Waals surface area contributed by atoms with Crippen molar-refractivity contribution in [1.82, 2.24) is 25.4 Å². The summed E-state index contributed by atoms with van der Waals surface area (Å²) in [6, 6.07) is 13.5. The van der Waals surface area contributed by atoms with Crippen LogP contribution in [0.25, 0.3) is 5.69 Å². The van der Waals surface area contributed by atoms with E-state index in [1.807, 2.05) is 36.4 Å². The van der Waals surface area contributed by atoms with Crippen LogP contribution in [0.15, 0.2) is 60.1 Å². The zero-order valence-corrected chi connectivity index (χ0v) is 18.4. The van der Waals surface area contributed by atoms with Gasteiger partial charge in [-0.25, -0.2) is 9.67 Å². The normalized spacial score (nSPS) is 11.0. The van der Waals surface area contributed by atoms with E-state index in [0.29, 0.717) is 29.1 Å². The van der Waals surface area contributed by atoms with Gasteiger partial charge in [0.2, 0.25) is 0 Å². The maximum absolute atomic E-state index is 6.19. The van der Waals surface area contributed by atoms with Gasteiger partial charge in [0, 0.05) is 30.2 Å². The van der Waals surface area contributed by atoms with Gasteiger partial charge in [-0.1, -0.05) is 41.4 Å². The molecule has 1 heterocycles. The highest BCUT2D eigenvalue weighted by molar-refractivity contribution is 14.0. The highest BCUT2D eigenvalue weighted by Crippen LogP contribution is 2.20. The van der Waals surface area contributed by atoms with Crippen LogP contribution in [0.3, 0.4) is 0 Å².